The van der Waals surface area contributed by atoms with Gasteiger partial charge in [0.2, 0.25) is 0 Å². The first-order chi connectivity index (χ1) is 12.2. The fraction of sp³-hybridized carbons (Fsp3) is 0.0556. The van der Waals surface area contributed by atoms with E-state index in [1.165, 1.54) is 13.2 Å². The van der Waals surface area contributed by atoms with Gasteiger partial charge in [-0.3, -0.25) is 10.1 Å². The van der Waals surface area contributed by atoms with Crippen LogP contribution < -0.4 is 4.74 Å². The van der Waals surface area contributed by atoms with Crippen LogP contribution in [-0.4, -0.2) is 22.0 Å². The van der Waals surface area contributed by atoms with Gasteiger partial charge in [-0.25, -0.2) is 4.98 Å². The molecule has 124 valence electrons. The van der Waals surface area contributed by atoms with Gasteiger partial charge in [0.05, 0.1) is 23.1 Å². The normalized spacial score (nSPS) is 10.9. The Labute approximate surface area is 142 Å². The Morgan fingerprint density at radius 3 is 2.68 bits per heavy atom. The first-order valence-electron chi connectivity index (χ1n) is 7.53. The molecule has 7 heteroatoms. The highest BCUT2D eigenvalue weighted by molar-refractivity contribution is 5.78. The zero-order valence-corrected chi connectivity index (χ0v) is 13.2. The van der Waals surface area contributed by atoms with Crippen molar-refractivity contribution in [2.75, 3.05) is 7.11 Å². The molecule has 4 rings (SSSR count). The maximum Gasteiger partial charge on any atom is 0.311 e. The van der Waals surface area contributed by atoms with Crippen LogP contribution in [0, 0.1) is 10.1 Å². The lowest BCUT2D eigenvalue weighted by Gasteiger charge is -2.03. The van der Waals surface area contributed by atoms with E-state index in [0.29, 0.717) is 22.9 Å². The predicted octanol–water partition coefficient (Wildman–Crippen LogP) is 4.41. The Morgan fingerprint density at radius 1 is 1.12 bits per heavy atom. The van der Waals surface area contributed by atoms with E-state index in [9.17, 15) is 10.1 Å². The standard InChI is InChI=1S/C18H13N3O4/c1-24-16-7-6-11(10-14(16)21(22)23)15-8-9-17(25-15)18-19-12-4-2-3-5-13(12)20-18/h2-10H,1H3,(H,19,20). The number of nitrogens with one attached hydrogen (secondary N) is 1. The van der Waals surface area contributed by atoms with Crippen molar-refractivity contribution in [3.05, 3.63) is 64.7 Å². The molecule has 4 aromatic rings. The number of nitro groups is 1. The Kier molecular flexibility index (Phi) is 3.46. The van der Waals surface area contributed by atoms with E-state index < -0.39 is 4.92 Å². The maximum absolute atomic E-state index is 11.2. The molecule has 0 amide bonds. The number of aromatic nitrogens is 2. The molecule has 0 aliphatic rings. The summed E-state index contributed by atoms with van der Waals surface area (Å²) in [6, 6.07) is 15.9. The van der Waals surface area contributed by atoms with E-state index >= 15 is 0 Å². The van der Waals surface area contributed by atoms with Gasteiger partial charge in [0.25, 0.3) is 0 Å². The molecule has 0 aliphatic heterocycles. The van der Waals surface area contributed by atoms with E-state index in [1.807, 2.05) is 24.3 Å². The minimum Gasteiger partial charge on any atom is -0.490 e. The van der Waals surface area contributed by atoms with Gasteiger partial charge in [0.15, 0.2) is 17.3 Å². The summed E-state index contributed by atoms with van der Waals surface area (Å²) >= 11 is 0. The minimum atomic E-state index is -0.481. The monoisotopic (exact) mass is 335 g/mol. The SMILES string of the molecule is COc1ccc(-c2ccc(-c3nc4ccccc4[nH]3)o2)cc1[N+](=O)[O-]. The Balaban J connectivity index is 1.74. The smallest absolute Gasteiger partial charge is 0.311 e. The van der Waals surface area contributed by atoms with Crippen molar-refractivity contribution < 1.29 is 14.1 Å². The number of imidazole rings is 1. The zero-order valence-electron chi connectivity index (χ0n) is 13.2. The van der Waals surface area contributed by atoms with E-state index in [2.05, 4.69) is 9.97 Å². The lowest BCUT2D eigenvalue weighted by atomic mass is 10.1. The molecule has 0 spiro atoms. The summed E-state index contributed by atoms with van der Waals surface area (Å²) in [6.07, 6.45) is 0. The summed E-state index contributed by atoms with van der Waals surface area (Å²) in [5.41, 5.74) is 2.24. The quantitative estimate of drug-likeness (QED) is 0.440. The second-order valence-corrected chi connectivity index (χ2v) is 5.41. The van der Waals surface area contributed by atoms with Gasteiger partial charge >= 0.3 is 5.69 Å². The highest BCUT2D eigenvalue weighted by Gasteiger charge is 2.18. The van der Waals surface area contributed by atoms with Crippen LogP contribution in [0.1, 0.15) is 0 Å². The number of rotatable bonds is 4. The fourth-order valence-corrected chi connectivity index (χ4v) is 2.68. The first-order valence-corrected chi connectivity index (χ1v) is 7.53. The van der Waals surface area contributed by atoms with Crippen molar-refractivity contribution >= 4 is 16.7 Å². The molecule has 0 fully saturated rings. The van der Waals surface area contributed by atoms with Gasteiger partial charge in [0, 0.05) is 11.6 Å². The third kappa shape index (κ3) is 2.61. The number of para-hydroxylation sites is 2. The number of methoxy groups -OCH3 is 1. The van der Waals surface area contributed by atoms with Crippen LogP contribution in [0.3, 0.4) is 0 Å². The number of hydrogen-bond acceptors (Lipinski definition) is 5. The molecule has 0 bridgehead atoms. The highest BCUT2D eigenvalue weighted by Crippen LogP contribution is 2.34. The Morgan fingerprint density at radius 2 is 1.92 bits per heavy atom. The molecule has 2 aromatic heterocycles. The minimum absolute atomic E-state index is 0.110. The number of benzene rings is 2. The Bertz CT molecular complexity index is 1050. The molecule has 0 atom stereocenters. The van der Waals surface area contributed by atoms with Gasteiger partial charge in [0.1, 0.15) is 5.76 Å². The molecule has 2 heterocycles. The van der Waals surface area contributed by atoms with Crippen molar-refractivity contribution in [1.29, 1.82) is 0 Å². The molecule has 25 heavy (non-hydrogen) atoms. The number of H-pyrrole nitrogens is 1. The molecule has 7 nitrogen and oxygen atoms in total. The summed E-state index contributed by atoms with van der Waals surface area (Å²) in [6.45, 7) is 0. The summed E-state index contributed by atoms with van der Waals surface area (Å²) in [4.78, 5) is 18.4. The molecule has 0 aliphatic carbocycles. The van der Waals surface area contributed by atoms with Crippen LogP contribution >= 0.6 is 0 Å². The summed E-state index contributed by atoms with van der Waals surface area (Å²) in [5.74, 6) is 1.89. The van der Waals surface area contributed by atoms with Gasteiger partial charge < -0.3 is 14.1 Å². The molecule has 0 unspecified atom stereocenters. The van der Waals surface area contributed by atoms with E-state index in [0.717, 1.165) is 11.0 Å². The van der Waals surface area contributed by atoms with Crippen molar-refractivity contribution in [1.82, 2.24) is 9.97 Å². The number of nitro benzene ring substituents is 1. The highest BCUT2D eigenvalue weighted by atomic mass is 16.6. The van der Waals surface area contributed by atoms with Gasteiger partial charge in [-0.15, -0.1) is 0 Å². The van der Waals surface area contributed by atoms with Crippen LogP contribution in [0.2, 0.25) is 0 Å². The third-order valence-corrected chi connectivity index (χ3v) is 3.89. The number of ether oxygens (including phenoxy) is 1. The first kappa shape index (κ1) is 14.9. The van der Waals surface area contributed by atoms with Gasteiger partial charge in [-0.1, -0.05) is 12.1 Å². The molecule has 2 aromatic carbocycles. The van der Waals surface area contributed by atoms with Crippen LogP contribution in [0.15, 0.2) is 59.0 Å². The molecule has 0 saturated heterocycles. The van der Waals surface area contributed by atoms with Gasteiger partial charge in [-0.2, -0.15) is 0 Å². The predicted molar refractivity (Wildman–Crippen MR) is 92.4 cm³/mol. The molecule has 1 N–H and O–H groups in total. The second kappa shape index (κ2) is 5.79. The molecular weight excluding hydrogens is 322 g/mol. The average molecular weight is 335 g/mol. The van der Waals surface area contributed by atoms with Crippen LogP contribution in [-0.2, 0) is 0 Å². The zero-order chi connectivity index (χ0) is 17.4. The van der Waals surface area contributed by atoms with Crippen molar-refractivity contribution in [2.45, 2.75) is 0 Å². The number of furan rings is 1. The third-order valence-electron chi connectivity index (χ3n) is 3.89. The van der Waals surface area contributed by atoms with Crippen molar-refractivity contribution in [3.8, 4) is 28.7 Å². The summed E-state index contributed by atoms with van der Waals surface area (Å²) in [5, 5.41) is 11.2. The Hall–Kier alpha value is -3.61. The summed E-state index contributed by atoms with van der Waals surface area (Å²) in [7, 11) is 1.40. The number of fused-ring (bicyclic) bond motifs is 1. The van der Waals surface area contributed by atoms with E-state index in [4.69, 9.17) is 9.15 Å². The fourth-order valence-electron chi connectivity index (χ4n) is 2.68. The van der Waals surface area contributed by atoms with Crippen molar-refractivity contribution in [3.63, 3.8) is 0 Å². The number of aromatic amines is 1. The lowest BCUT2D eigenvalue weighted by molar-refractivity contribution is -0.385. The number of nitrogens with zero attached hydrogens (tertiary/aromatic N) is 2. The summed E-state index contributed by atoms with van der Waals surface area (Å²) < 4.78 is 10.9. The largest absolute Gasteiger partial charge is 0.490 e. The van der Waals surface area contributed by atoms with Crippen LogP contribution in [0.5, 0.6) is 5.75 Å². The molecule has 0 saturated carbocycles. The topological polar surface area (TPSA) is 94.2 Å². The maximum atomic E-state index is 11.2. The van der Waals surface area contributed by atoms with Crippen LogP contribution in [0.4, 0.5) is 5.69 Å². The number of hydrogen-bond donors (Lipinski definition) is 1. The van der Waals surface area contributed by atoms with E-state index in [-0.39, 0.29) is 11.4 Å². The lowest BCUT2D eigenvalue weighted by Crippen LogP contribution is -1.93. The molecule has 0 radical (unpaired) electrons. The molecular formula is C18H13N3O4. The van der Waals surface area contributed by atoms with Crippen molar-refractivity contribution in [2.24, 2.45) is 0 Å². The van der Waals surface area contributed by atoms with Gasteiger partial charge in [-0.05, 0) is 36.4 Å². The average Bonchev–Trinajstić information content (AvgIpc) is 3.27. The van der Waals surface area contributed by atoms with E-state index in [1.54, 1.807) is 24.3 Å². The second-order valence-electron chi connectivity index (χ2n) is 5.41. The van der Waals surface area contributed by atoms with Crippen LogP contribution in [0.25, 0.3) is 33.9 Å².